The first-order valence-electron chi connectivity index (χ1n) is 8.41. The standard InChI is InChI=1S/C15H13FN6O.C2HF3O2/c1-9-18-13-7-11(16)12(8-22(13)20-9)19-15(23)21-6-4-10-3-2-5-17-14(10)21;3-2(4,5)1(6)7/h2-3,5,7-8H,4,6H2,1H3,(H,19,23);(H,6,7). The normalized spacial score (nSPS) is 12.9. The number of halogens is 4. The van der Waals surface area contributed by atoms with Crippen molar-refractivity contribution in [2.45, 2.75) is 19.5 Å². The molecule has 2 amide bonds. The van der Waals surface area contributed by atoms with Gasteiger partial charge >= 0.3 is 18.2 Å². The van der Waals surface area contributed by atoms with Crippen LogP contribution in [0.2, 0.25) is 0 Å². The summed E-state index contributed by atoms with van der Waals surface area (Å²) >= 11 is 0. The molecular formula is C17H14F4N6O3. The van der Waals surface area contributed by atoms with Gasteiger partial charge in [0.05, 0.1) is 11.9 Å². The third kappa shape index (κ3) is 4.45. The van der Waals surface area contributed by atoms with Crippen LogP contribution in [0.3, 0.4) is 0 Å². The number of pyridine rings is 2. The van der Waals surface area contributed by atoms with E-state index in [1.54, 1.807) is 13.1 Å². The Hall–Kier alpha value is -3.77. The monoisotopic (exact) mass is 426 g/mol. The van der Waals surface area contributed by atoms with Gasteiger partial charge in [0.2, 0.25) is 0 Å². The lowest BCUT2D eigenvalue weighted by atomic mass is 10.2. The molecule has 4 rings (SSSR count). The van der Waals surface area contributed by atoms with Crippen molar-refractivity contribution in [3.63, 3.8) is 0 Å². The SMILES string of the molecule is Cc1nc2cc(F)c(NC(=O)N3CCc4cccnc43)cn2n1.O=C(O)C(F)(F)F. The van der Waals surface area contributed by atoms with Crippen LogP contribution in [0.1, 0.15) is 11.4 Å². The fraction of sp³-hybridized carbons (Fsp3) is 0.235. The van der Waals surface area contributed by atoms with E-state index < -0.39 is 24.0 Å². The van der Waals surface area contributed by atoms with Crippen LogP contribution in [0, 0.1) is 12.7 Å². The van der Waals surface area contributed by atoms with E-state index in [0.29, 0.717) is 23.8 Å². The zero-order valence-electron chi connectivity index (χ0n) is 15.3. The molecule has 0 radical (unpaired) electrons. The number of nitrogens with zero attached hydrogens (tertiary/aromatic N) is 5. The third-order valence-corrected chi connectivity index (χ3v) is 3.99. The molecule has 0 atom stereocenters. The van der Waals surface area contributed by atoms with Crippen LogP contribution < -0.4 is 10.2 Å². The van der Waals surface area contributed by atoms with Crippen molar-refractivity contribution in [3.05, 3.63) is 47.8 Å². The number of carbonyl (C=O) groups is 2. The lowest BCUT2D eigenvalue weighted by Crippen LogP contribution is -2.34. The highest BCUT2D eigenvalue weighted by molar-refractivity contribution is 6.02. The zero-order chi connectivity index (χ0) is 22.1. The third-order valence-electron chi connectivity index (χ3n) is 3.99. The van der Waals surface area contributed by atoms with Gasteiger partial charge in [-0.25, -0.2) is 28.5 Å². The number of hydrogen-bond acceptors (Lipinski definition) is 5. The lowest BCUT2D eigenvalue weighted by molar-refractivity contribution is -0.192. The molecule has 4 heterocycles. The van der Waals surface area contributed by atoms with Crippen LogP contribution >= 0.6 is 0 Å². The molecule has 13 heteroatoms. The second-order valence-corrected chi connectivity index (χ2v) is 6.12. The molecule has 0 bridgehead atoms. The van der Waals surface area contributed by atoms with Gasteiger partial charge in [-0.3, -0.25) is 4.90 Å². The van der Waals surface area contributed by atoms with Crippen molar-refractivity contribution in [2.24, 2.45) is 0 Å². The number of aromatic nitrogens is 4. The molecule has 0 fully saturated rings. The van der Waals surface area contributed by atoms with Crippen molar-refractivity contribution in [3.8, 4) is 0 Å². The molecule has 9 nitrogen and oxygen atoms in total. The van der Waals surface area contributed by atoms with E-state index in [9.17, 15) is 22.4 Å². The first-order valence-corrected chi connectivity index (χ1v) is 8.41. The quantitative estimate of drug-likeness (QED) is 0.579. The lowest BCUT2D eigenvalue weighted by Gasteiger charge is -2.17. The van der Waals surface area contributed by atoms with E-state index in [4.69, 9.17) is 9.90 Å². The van der Waals surface area contributed by atoms with Gasteiger partial charge in [-0.1, -0.05) is 6.07 Å². The molecule has 0 unspecified atom stereocenters. The highest BCUT2D eigenvalue weighted by atomic mass is 19.4. The summed E-state index contributed by atoms with van der Waals surface area (Å²) in [6, 6.07) is 4.59. The Kier molecular flexibility index (Phi) is 5.54. The van der Waals surface area contributed by atoms with Gasteiger partial charge in [-0.2, -0.15) is 18.3 Å². The molecule has 0 saturated heterocycles. The number of carboxylic acids is 1. The average molecular weight is 426 g/mol. The smallest absolute Gasteiger partial charge is 0.475 e. The minimum Gasteiger partial charge on any atom is -0.475 e. The zero-order valence-corrected chi connectivity index (χ0v) is 15.3. The maximum absolute atomic E-state index is 14.1. The van der Waals surface area contributed by atoms with Crippen LogP contribution in [0.4, 0.5) is 33.9 Å². The average Bonchev–Trinajstić information content (AvgIpc) is 3.24. The number of aliphatic carboxylic acids is 1. The van der Waals surface area contributed by atoms with Gasteiger partial charge in [-0.05, 0) is 25.0 Å². The van der Waals surface area contributed by atoms with Crippen molar-refractivity contribution < 1.29 is 32.3 Å². The first kappa shape index (κ1) is 21.0. The van der Waals surface area contributed by atoms with Crippen LogP contribution in [-0.4, -0.2) is 49.4 Å². The van der Waals surface area contributed by atoms with Crippen molar-refractivity contribution in [2.75, 3.05) is 16.8 Å². The number of anilines is 2. The van der Waals surface area contributed by atoms with Crippen molar-refractivity contribution in [1.82, 2.24) is 19.6 Å². The maximum atomic E-state index is 14.1. The number of carbonyl (C=O) groups excluding carboxylic acids is 1. The first-order chi connectivity index (χ1) is 14.1. The predicted molar refractivity (Wildman–Crippen MR) is 95.7 cm³/mol. The predicted octanol–water partition coefficient (Wildman–Crippen LogP) is 2.80. The number of fused-ring (bicyclic) bond motifs is 2. The van der Waals surface area contributed by atoms with E-state index in [1.807, 2.05) is 12.1 Å². The Bertz CT molecular complexity index is 1110. The fourth-order valence-corrected chi connectivity index (χ4v) is 2.69. The van der Waals surface area contributed by atoms with Gasteiger partial charge in [0, 0.05) is 18.8 Å². The van der Waals surface area contributed by atoms with Crippen LogP contribution in [-0.2, 0) is 11.2 Å². The number of urea groups is 1. The number of aryl methyl sites for hydroxylation is 1. The summed E-state index contributed by atoms with van der Waals surface area (Å²) in [4.78, 5) is 31.1. The van der Waals surface area contributed by atoms with Crippen molar-refractivity contribution >= 4 is 29.2 Å². The molecule has 30 heavy (non-hydrogen) atoms. The summed E-state index contributed by atoms with van der Waals surface area (Å²) in [7, 11) is 0. The van der Waals surface area contributed by atoms with Crippen LogP contribution in [0.5, 0.6) is 0 Å². The van der Waals surface area contributed by atoms with Crippen LogP contribution in [0.15, 0.2) is 30.6 Å². The molecule has 3 aromatic heterocycles. The van der Waals surface area contributed by atoms with E-state index in [1.165, 1.54) is 21.7 Å². The number of hydrogen-bond donors (Lipinski definition) is 2. The van der Waals surface area contributed by atoms with Gasteiger partial charge in [0.25, 0.3) is 0 Å². The van der Waals surface area contributed by atoms with Crippen molar-refractivity contribution in [1.29, 1.82) is 0 Å². The molecule has 1 aliphatic heterocycles. The summed E-state index contributed by atoms with van der Waals surface area (Å²) in [5.74, 6) is -2.17. The number of amides is 2. The molecule has 0 aliphatic carbocycles. The Balaban J connectivity index is 0.000000318. The highest BCUT2D eigenvalue weighted by Crippen LogP contribution is 2.26. The minimum absolute atomic E-state index is 0.0526. The Morgan fingerprint density at radius 3 is 2.67 bits per heavy atom. The van der Waals surface area contributed by atoms with Gasteiger partial charge in [0.15, 0.2) is 11.5 Å². The summed E-state index contributed by atoms with van der Waals surface area (Å²) in [5.41, 5.74) is 1.45. The number of rotatable bonds is 1. The molecule has 1 aliphatic rings. The Morgan fingerprint density at radius 1 is 1.30 bits per heavy atom. The topological polar surface area (TPSA) is 113 Å². The molecule has 2 N–H and O–H groups in total. The van der Waals surface area contributed by atoms with E-state index in [0.717, 1.165) is 12.0 Å². The van der Waals surface area contributed by atoms with E-state index >= 15 is 0 Å². The molecule has 0 saturated carbocycles. The molecular weight excluding hydrogens is 412 g/mol. The molecule has 0 aromatic carbocycles. The van der Waals surface area contributed by atoms with Gasteiger partial charge in [-0.15, -0.1) is 0 Å². The van der Waals surface area contributed by atoms with Gasteiger partial charge < -0.3 is 10.4 Å². The van der Waals surface area contributed by atoms with E-state index in [2.05, 4.69) is 20.4 Å². The number of carboxylic acid groups (broad SMARTS) is 1. The molecule has 0 spiro atoms. The molecule has 3 aromatic rings. The summed E-state index contributed by atoms with van der Waals surface area (Å²) < 4.78 is 47.3. The Morgan fingerprint density at radius 2 is 2.00 bits per heavy atom. The van der Waals surface area contributed by atoms with Gasteiger partial charge in [0.1, 0.15) is 11.6 Å². The minimum atomic E-state index is -5.08. The molecule has 158 valence electrons. The summed E-state index contributed by atoms with van der Waals surface area (Å²) in [6.45, 7) is 2.24. The largest absolute Gasteiger partial charge is 0.490 e. The Labute approximate surface area is 166 Å². The van der Waals surface area contributed by atoms with Crippen LogP contribution in [0.25, 0.3) is 5.65 Å². The summed E-state index contributed by atoms with van der Waals surface area (Å²) in [6.07, 6.45) is -1.30. The number of alkyl halides is 3. The highest BCUT2D eigenvalue weighted by Gasteiger charge is 2.38. The second kappa shape index (κ2) is 7.93. The summed E-state index contributed by atoms with van der Waals surface area (Å²) in [5, 5.41) is 13.8. The van der Waals surface area contributed by atoms with E-state index in [-0.39, 0.29) is 5.69 Å². The second-order valence-electron chi connectivity index (χ2n) is 6.12. The number of nitrogens with one attached hydrogen (secondary N) is 1. The fourth-order valence-electron chi connectivity index (χ4n) is 2.69. The maximum Gasteiger partial charge on any atom is 0.490 e.